The Morgan fingerprint density at radius 2 is 1.68 bits per heavy atom. The summed E-state index contributed by atoms with van der Waals surface area (Å²) in [5.41, 5.74) is 2.83. The molecule has 5 nitrogen and oxygen atoms in total. The summed E-state index contributed by atoms with van der Waals surface area (Å²) in [6, 6.07) is 19.9. The molecular formula is C23H25N3O2. The molecule has 5 heteroatoms. The number of hydrogen-bond acceptors (Lipinski definition) is 3. The molecule has 0 N–H and O–H groups in total. The third-order valence-electron chi connectivity index (χ3n) is 5.07. The largest absolute Gasteiger partial charge is 0.492 e. The molecule has 0 saturated carbocycles. The molecule has 0 unspecified atom stereocenters. The summed E-state index contributed by atoms with van der Waals surface area (Å²) < 4.78 is 7.77. The predicted molar refractivity (Wildman–Crippen MR) is 111 cm³/mol. The maximum Gasteiger partial charge on any atom is 0.254 e. The van der Waals surface area contributed by atoms with Crippen molar-refractivity contribution in [3.8, 4) is 11.4 Å². The molecule has 144 valence electrons. The molecular weight excluding hydrogens is 350 g/mol. The third-order valence-corrected chi connectivity index (χ3v) is 5.07. The van der Waals surface area contributed by atoms with Crippen molar-refractivity contribution in [1.82, 2.24) is 9.47 Å². The number of carbonyl (C=O) groups is 1. The molecule has 1 aliphatic rings. The van der Waals surface area contributed by atoms with Crippen molar-refractivity contribution in [2.24, 2.45) is 0 Å². The summed E-state index contributed by atoms with van der Waals surface area (Å²) in [4.78, 5) is 17.2. The standard InChI is InChI=1S/C23H25N3O2/c1-2-28-22-11-4-3-10-21(22)25-14-16-26(17-15-25)23(27)19-8-7-9-20(18-19)24-12-5-6-13-24/h3-13,18H,2,14-17H2,1H3. The van der Waals surface area contributed by atoms with E-state index in [0.29, 0.717) is 19.7 Å². The lowest BCUT2D eigenvalue weighted by Crippen LogP contribution is -2.48. The zero-order chi connectivity index (χ0) is 19.3. The summed E-state index contributed by atoms with van der Waals surface area (Å²) in [5, 5.41) is 0. The third kappa shape index (κ3) is 3.74. The maximum atomic E-state index is 13.0. The van der Waals surface area contributed by atoms with Crippen molar-refractivity contribution >= 4 is 11.6 Å². The minimum Gasteiger partial charge on any atom is -0.492 e. The average molecular weight is 375 g/mol. The summed E-state index contributed by atoms with van der Waals surface area (Å²) in [5.74, 6) is 0.996. The molecule has 4 rings (SSSR count). The fraction of sp³-hybridized carbons (Fsp3) is 0.261. The molecule has 1 aliphatic heterocycles. The number of nitrogens with zero attached hydrogens (tertiary/aromatic N) is 3. The van der Waals surface area contributed by atoms with Crippen LogP contribution in [-0.4, -0.2) is 48.2 Å². The zero-order valence-electron chi connectivity index (χ0n) is 16.1. The van der Waals surface area contributed by atoms with E-state index in [1.807, 2.05) is 83.4 Å². The van der Waals surface area contributed by atoms with Crippen molar-refractivity contribution < 1.29 is 9.53 Å². The van der Waals surface area contributed by atoms with Crippen LogP contribution in [-0.2, 0) is 0 Å². The number of hydrogen-bond donors (Lipinski definition) is 0. The van der Waals surface area contributed by atoms with Crippen molar-refractivity contribution in [3.63, 3.8) is 0 Å². The highest BCUT2D eigenvalue weighted by molar-refractivity contribution is 5.95. The van der Waals surface area contributed by atoms with Crippen LogP contribution in [0.2, 0.25) is 0 Å². The Morgan fingerprint density at radius 1 is 0.929 bits per heavy atom. The van der Waals surface area contributed by atoms with Crippen LogP contribution in [0.3, 0.4) is 0 Å². The summed E-state index contributed by atoms with van der Waals surface area (Å²) >= 11 is 0. The van der Waals surface area contributed by atoms with E-state index in [1.54, 1.807) is 0 Å². The molecule has 0 spiro atoms. The van der Waals surface area contributed by atoms with Gasteiger partial charge in [-0.1, -0.05) is 18.2 Å². The van der Waals surface area contributed by atoms with Gasteiger partial charge in [-0.3, -0.25) is 4.79 Å². The van der Waals surface area contributed by atoms with Crippen molar-refractivity contribution in [3.05, 3.63) is 78.6 Å². The highest BCUT2D eigenvalue weighted by Crippen LogP contribution is 2.29. The van der Waals surface area contributed by atoms with E-state index >= 15 is 0 Å². The quantitative estimate of drug-likeness (QED) is 0.680. The van der Waals surface area contributed by atoms with Crippen molar-refractivity contribution in [2.45, 2.75) is 6.92 Å². The van der Waals surface area contributed by atoms with Gasteiger partial charge in [-0.15, -0.1) is 0 Å². The SMILES string of the molecule is CCOc1ccccc1N1CCN(C(=O)c2cccc(-n3cccc3)c2)CC1. The zero-order valence-corrected chi connectivity index (χ0v) is 16.1. The minimum atomic E-state index is 0.0896. The van der Waals surface area contributed by atoms with Gasteiger partial charge in [0.15, 0.2) is 0 Å². The maximum absolute atomic E-state index is 13.0. The molecule has 0 radical (unpaired) electrons. The van der Waals surface area contributed by atoms with Gasteiger partial charge in [0.1, 0.15) is 5.75 Å². The molecule has 2 heterocycles. The van der Waals surface area contributed by atoms with Gasteiger partial charge < -0.3 is 19.1 Å². The van der Waals surface area contributed by atoms with Crippen LogP contribution in [0.4, 0.5) is 5.69 Å². The highest BCUT2D eigenvalue weighted by atomic mass is 16.5. The van der Waals surface area contributed by atoms with Crippen LogP contribution in [0.25, 0.3) is 5.69 Å². The Hall–Kier alpha value is -3.21. The fourth-order valence-corrected chi connectivity index (χ4v) is 3.64. The van der Waals surface area contributed by atoms with E-state index in [-0.39, 0.29) is 5.91 Å². The van der Waals surface area contributed by atoms with E-state index in [4.69, 9.17) is 4.74 Å². The summed E-state index contributed by atoms with van der Waals surface area (Å²) in [6.45, 7) is 5.64. The smallest absolute Gasteiger partial charge is 0.254 e. The second kappa shape index (κ2) is 8.21. The second-order valence-corrected chi connectivity index (χ2v) is 6.82. The van der Waals surface area contributed by atoms with Crippen molar-refractivity contribution in [1.29, 1.82) is 0 Å². The number of rotatable bonds is 5. The van der Waals surface area contributed by atoms with Crippen LogP contribution in [0.1, 0.15) is 17.3 Å². The Kier molecular flexibility index (Phi) is 5.33. The summed E-state index contributed by atoms with van der Waals surface area (Å²) in [7, 11) is 0. The van der Waals surface area contributed by atoms with Crippen LogP contribution < -0.4 is 9.64 Å². The lowest BCUT2D eigenvalue weighted by molar-refractivity contribution is 0.0746. The number of amides is 1. The fourth-order valence-electron chi connectivity index (χ4n) is 3.64. The highest BCUT2D eigenvalue weighted by Gasteiger charge is 2.24. The molecule has 0 bridgehead atoms. The van der Waals surface area contributed by atoms with Crippen LogP contribution in [0.15, 0.2) is 73.1 Å². The van der Waals surface area contributed by atoms with Gasteiger partial charge in [-0.05, 0) is 49.4 Å². The average Bonchev–Trinajstić information content (AvgIpc) is 3.29. The number of para-hydroxylation sites is 2. The molecule has 2 aromatic carbocycles. The van der Waals surface area contributed by atoms with E-state index < -0.39 is 0 Å². The molecule has 0 atom stereocenters. The lowest BCUT2D eigenvalue weighted by atomic mass is 10.1. The number of anilines is 1. The molecule has 3 aromatic rings. The number of aromatic nitrogens is 1. The van der Waals surface area contributed by atoms with Gasteiger partial charge in [0, 0.05) is 49.8 Å². The second-order valence-electron chi connectivity index (χ2n) is 6.82. The summed E-state index contributed by atoms with van der Waals surface area (Å²) in [6.07, 6.45) is 3.97. The first kappa shape index (κ1) is 18.2. The van der Waals surface area contributed by atoms with E-state index in [2.05, 4.69) is 11.0 Å². The van der Waals surface area contributed by atoms with Gasteiger partial charge in [0.2, 0.25) is 0 Å². The Morgan fingerprint density at radius 3 is 2.43 bits per heavy atom. The first-order chi connectivity index (χ1) is 13.8. The number of ether oxygens (including phenoxy) is 1. The topological polar surface area (TPSA) is 37.7 Å². The van der Waals surface area contributed by atoms with Gasteiger partial charge in [-0.25, -0.2) is 0 Å². The first-order valence-corrected chi connectivity index (χ1v) is 9.75. The van der Waals surface area contributed by atoms with Crippen molar-refractivity contribution in [2.75, 3.05) is 37.7 Å². The predicted octanol–water partition coefficient (Wildman–Crippen LogP) is 3.84. The number of benzene rings is 2. The van der Waals surface area contributed by atoms with E-state index in [9.17, 15) is 4.79 Å². The van der Waals surface area contributed by atoms with Gasteiger partial charge in [0.05, 0.1) is 12.3 Å². The van der Waals surface area contributed by atoms with Crippen LogP contribution in [0.5, 0.6) is 5.75 Å². The molecule has 0 aliphatic carbocycles. The van der Waals surface area contributed by atoms with E-state index in [1.165, 1.54) is 0 Å². The normalized spacial score (nSPS) is 14.2. The van der Waals surface area contributed by atoms with Gasteiger partial charge in [0.25, 0.3) is 5.91 Å². The van der Waals surface area contributed by atoms with Crippen LogP contribution >= 0.6 is 0 Å². The molecule has 1 saturated heterocycles. The van der Waals surface area contributed by atoms with Crippen LogP contribution in [0, 0.1) is 0 Å². The molecule has 1 amide bonds. The van der Waals surface area contributed by atoms with E-state index in [0.717, 1.165) is 35.8 Å². The number of piperazine rings is 1. The number of carbonyl (C=O) groups excluding carboxylic acids is 1. The lowest BCUT2D eigenvalue weighted by Gasteiger charge is -2.36. The first-order valence-electron chi connectivity index (χ1n) is 9.75. The van der Waals surface area contributed by atoms with Gasteiger partial charge >= 0.3 is 0 Å². The Labute approximate surface area is 165 Å². The monoisotopic (exact) mass is 375 g/mol. The Balaban J connectivity index is 1.44. The molecule has 28 heavy (non-hydrogen) atoms. The van der Waals surface area contributed by atoms with Gasteiger partial charge in [-0.2, -0.15) is 0 Å². The minimum absolute atomic E-state index is 0.0896. The Bertz CT molecular complexity index is 929. The molecule has 1 fully saturated rings. The molecule has 1 aromatic heterocycles.